The van der Waals surface area contributed by atoms with Crippen molar-refractivity contribution in [2.75, 3.05) is 143 Å². The lowest BCUT2D eigenvalue weighted by Crippen LogP contribution is -2.51. The lowest BCUT2D eigenvalue weighted by Gasteiger charge is -2.47. The molecule has 0 aromatic carbocycles. The number of hydrogen-bond acceptors (Lipinski definition) is 28. The summed E-state index contributed by atoms with van der Waals surface area (Å²) in [4.78, 5) is 170. The zero-order valence-corrected chi connectivity index (χ0v) is 63.6. The van der Waals surface area contributed by atoms with Crippen LogP contribution in [0.2, 0.25) is 0 Å². The minimum atomic E-state index is -1.94. The summed E-state index contributed by atoms with van der Waals surface area (Å²) in [6.07, 6.45) is -0.419. The molecule has 2 fully saturated rings. The van der Waals surface area contributed by atoms with Crippen LogP contribution in [-0.4, -0.2) is 232 Å². The number of nitrogens with zero attached hydrogens (tertiary/aromatic N) is 1. The summed E-state index contributed by atoms with van der Waals surface area (Å²) >= 11 is 0. The summed E-state index contributed by atoms with van der Waals surface area (Å²) in [7, 11) is 10.1. The van der Waals surface area contributed by atoms with Crippen molar-refractivity contribution in [2.45, 2.75) is 166 Å². The Balaban J connectivity index is 1.77. The Bertz CT molecular complexity index is 2910. The van der Waals surface area contributed by atoms with Crippen LogP contribution in [-0.2, 0) is 133 Å². The molecule has 3 aliphatic heterocycles. The predicted molar refractivity (Wildman–Crippen MR) is 358 cm³/mol. The predicted octanol–water partition coefficient (Wildman–Crippen LogP) is 6.50. The molecule has 3 heterocycles. The molecule has 2 bridgehead atoms. The molecule has 0 saturated carbocycles. The van der Waals surface area contributed by atoms with Crippen LogP contribution in [0, 0.1) is 66.0 Å². The van der Waals surface area contributed by atoms with E-state index in [0.717, 1.165) is 56.9 Å². The van der Waals surface area contributed by atoms with Gasteiger partial charge in [-0.15, -0.1) is 0 Å². The molecule has 2 amide bonds. The summed E-state index contributed by atoms with van der Waals surface area (Å²) in [6.45, 7) is 20.6. The van der Waals surface area contributed by atoms with Gasteiger partial charge < -0.3 is 75.8 Å². The number of esters is 10. The number of imide groups is 1. The highest BCUT2D eigenvalue weighted by Gasteiger charge is 2.63. The first-order chi connectivity index (χ1) is 47.1. The molecule has 29 heteroatoms. The summed E-state index contributed by atoms with van der Waals surface area (Å²) in [6, 6.07) is 0. The van der Waals surface area contributed by atoms with Crippen molar-refractivity contribution in [3.05, 3.63) is 12.2 Å². The van der Waals surface area contributed by atoms with Gasteiger partial charge in [-0.2, -0.15) is 0 Å². The molecule has 14 unspecified atom stereocenters. The molecular weight excluding hydrogens is 1330 g/mol. The van der Waals surface area contributed by atoms with Gasteiger partial charge in [0.1, 0.15) is 6.61 Å². The maximum absolute atomic E-state index is 14.6. The number of carbonyl (C=O) groups excluding carboxylic acids is 12. The Labute approximate surface area is 594 Å². The molecule has 2 saturated heterocycles. The van der Waals surface area contributed by atoms with Crippen LogP contribution < -0.4 is 0 Å². The Hall–Kier alpha value is -6.66. The van der Waals surface area contributed by atoms with E-state index in [-0.39, 0.29) is 116 Å². The fraction of sp³-hybridized carbons (Fsp3) is 0.806. The minimum absolute atomic E-state index is 0.00294. The quantitative estimate of drug-likeness (QED) is 0.0206. The number of carbonyl (C=O) groups is 12. The van der Waals surface area contributed by atoms with Crippen molar-refractivity contribution in [3.8, 4) is 0 Å². The molecular formula is C72H115NO28. The van der Waals surface area contributed by atoms with Crippen molar-refractivity contribution in [3.63, 3.8) is 0 Å². The summed E-state index contributed by atoms with van der Waals surface area (Å²) < 4.78 is 87.6. The Morgan fingerprint density at radius 1 is 0.307 bits per heavy atom. The van der Waals surface area contributed by atoms with Crippen LogP contribution in [0.15, 0.2) is 12.2 Å². The van der Waals surface area contributed by atoms with Crippen molar-refractivity contribution >= 4 is 71.5 Å². The largest absolute Gasteiger partial charge is 0.469 e. The zero-order valence-electron chi connectivity index (χ0n) is 63.6. The molecule has 576 valence electrons. The van der Waals surface area contributed by atoms with Gasteiger partial charge in [0.25, 0.3) is 0 Å². The first-order valence-corrected chi connectivity index (χ1v) is 34.1. The fourth-order valence-corrected chi connectivity index (χ4v) is 16.4. The van der Waals surface area contributed by atoms with Crippen LogP contribution in [0.1, 0.15) is 154 Å². The van der Waals surface area contributed by atoms with Gasteiger partial charge in [0.05, 0.1) is 215 Å². The van der Waals surface area contributed by atoms with E-state index in [2.05, 4.69) is 0 Å². The molecule has 3 aliphatic rings. The maximum Gasteiger partial charge on any atom is 0.311 e. The minimum Gasteiger partial charge on any atom is -0.469 e. The average molecular weight is 1440 g/mol. The Morgan fingerprint density at radius 2 is 0.495 bits per heavy atom. The van der Waals surface area contributed by atoms with Gasteiger partial charge in [0, 0.05) is 0 Å². The first kappa shape index (κ1) is 88.6. The van der Waals surface area contributed by atoms with Gasteiger partial charge >= 0.3 is 59.7 Å². The highest BCUT2D eigenvalue weighted by molar-refractivity contribution is 6.06. The van der Waals surface area contributed by atoms with E-state index < -0.39 is 164 Å². The highest BCUT2D eigenvalue weighted by atomic mass is 16.6. The fourth-order valence-electron chi connectivity index (χ4n) is 16.4. The lowest BCUT2D eigenvalue weighted by atomic mass is 9.56. The normalized spacial score (nSPS) is 22.2. The number of amides is 2. The number of methoxy groups -OCH3 is 9. The Morgan fingerprint density at radius 3 is 0.713 bits per heavy atom. The molecule has 0 aromatic heterocycles. The van der Waals surface area contributed by atoms with Gasteiger partial charge in [-0.05, 0) is 140 Å². The number of rotatable bonds is 48. The Kier molecular flexibility index (Phi) is 33.0. The van der Waals surface area contributed by atoms with E-state index >= 15 is 0 Å². The molecule has 3 rings (SSSR count). The third kappa shape index (κ3) is 21.7. The standard InChI is InChI=1S/C72H115NO28/c1-22-63(3,53(76)86-13)38-65(5,54(77)87-14)40-67(7,56(79)89-16)42-69(9,58(81)91-18)44-71(11,60(83)93-20)46-72(12,61(84)94-21)45-70(10,59(82)92-19)43-68(8,57(80)90-17)41-66(6,55(78)88-15)39-64(4,23-2)62(85)100-37-36-99-35-34-98-33-32-97-31-30-96-29-28-95-27-26-73-51(74)49-47-24-25-48(101-47)50(49)52(73)75/h24-25,47-50H,22-23,26-46H2,1-21H3. The SMILES string of the molecule is CCC(C)(CC(C)(CC(C)(CC(C)(CC(C)(CC(C)(CC(C)(CC(C)(CC(C)(CC(C)(CC)C(=O)OCCOCCOCCOCCOCCOCCN1C(=O)C2C3C=CC(O3)C2C1=O)C(=O)OC)C(=O)OC)C(=O)OC)C(=O)OC)C(=O)OC)C(=O)OC)C(=O)OC)C(=O)OC)C(=O)OC. The molecule has 14 atom stereocenters. The van der Waals surface area contributed by atoms with Crippen LogP contribution in [0.3, 0.4) is 0 Å². The third-order valence-electron chi connectivity index (χ3n) is 20.6. The average Bonchev–Trinajstić information content (AvgIpc) is 1.64. The second-order valence-electron chi connectivity index (χ2n) is 29.9. The summed E-state index contributed by atoms with van der Waals surface area (Å²) in [5.41, 5.74) is -17.3. The number of ether oxygens (including phenoxy) is 16. The monoisotopic (exact) mass is 1440 g/mol. The van der Waals surface area contributed by atoms with E-state index in [0.29, 0.717) is 19.8 Å². The lowest BCUT2D eigenvalue weighted by molar-refractivity contribution is -0.173. The second kappa shape index (κ2) is 37.7. The molecule has 0 aromatic rings. The topological polar surface area (TPSA) is 356 Å². The first-order valence-electron chi connectivity index (χ1n) is 34.1. The van der Waals surface area contributed by atoms with Crippen molar-refractivity contribution in [1.82, 2.24) is 4.90 Å². The van der Waals surface area contributed by atoms with E-state index in [1.54, 1.807) is 27.7 Å². The molecule has 0 aliphatic carbocycles. The van der Waals surface area contributed by atoms with Crippen molar-refractivity contribution in [2.24, 2.45) is 66.0 Å². The maximum atomic E-state index is 14.6. The third-order valence-corrected chi connectivity index (χ3v) is 20.6. The van der Waals surface area contributed by atoms with E-state index in [1.165, 1.54) is 67.4 Å². The zero-order chi connectivity index (χ0) is 76.8. The number of likely N-dealkylation sites (tertiary alicyclic amines) is 1. The van der Waals surface area contributed by atoms with Gasteiger partial charge in [-0.3, -0.25) is 62.4 Å². The van der Waals surface area contributed by atoms with E-state index in [4.69, 9.17) is 75.8 Å². The molecule has 0 spiro atoms. The van der Waals surface area contributed by atoms with E-state index in [1.807, 2.05) is 12.2 Å². The van der Waals surface area contributed by atoms with Crippen LogP contribution in [0.25, 0.3) is 0 Å². The van der Waals surface area contributed by atoms with Crippen LogP contribution in [0.4, 0.5) is 0 Å². The van der Waals surface area contributed by atoms with E-state index in [9.17, 15) is 57.5 Å². The van der Waals surface area contributed by atoms with Gasteiger partial charge in [-0.1, -0.05) is 26.0 Å². The van der Waals surface area contributed by atoms with Crippen LogP contribution in [0.5, 0.6) is 0 Å². The molecule has 0 N–H and O–H groups in total. The van der Waals surface area contributed by atoms with Crippen LogP contribution >= 0.6 is 0 Å². The molecule has 0 radical (unpaired) electrons. The van der Waals surface area contributed by atoms with Gasteiger partial charge in [0.2, 0.25) is 11.8 Å². The number of hydrogen-bond donors (Lipinski definition) is 0. The summed E-state index contributed by atoms with van der Waals surface area (Å²) in [5, 5.41) is 0. The number of fused-ring (bicyclic) bond motifs is 5. The van der Waals surface area contributed by atoms with Gasteiger partial charge in [0.15, 0.2) is 0 Å². The molecule has 101 heavy (non-hydrogen) atoms. The highest BCUT2D eigenvalue weighted by Crippen LogP contribution is 2.57. The summed E-state index contributed by atoms with van der Waals surface area (Å²) in [5.74, 6) is -9.78. The smallest absolute Gasteiger partial charge is 0.311 e. The van der Waals surface area contributed by atoms with Crippen molar-refractivity contribution in [1.29, 1.82) is 0 Å². The van der Waals surface area contributed by atoms with Gasteiger partial charge in [-0.25, -0.2) is 0 Å². The van der Waals surface area contributed by atoms with Crippen molar-refractivity contribution < 1.29 is 133 Å². The molecule has 29 nitrogen and oxygen atoms in total. The second-order valence-corrected chi connectivity index (χ2v) is 29.9.